The fourth-order valence-corrected chi connectivity index (χ4v) is 1.98. The molecule has 0 radical (unpaired) electrons. The van der Waals surface area contributed by atoms with Gasteiger partial charge in [-0.1, -0.05) is 13.8 Å². The van der Waals surface area contributed by atoms with Crippen LogP contribution >= 0.6 is 24.2 Å². The van der Waals surface area contributed by atoms with Gasteiger partial charge in [-0.15, -0.1) is 24.2 Å². The molecule has 16 heavy (non-hydrogen) atoms. The highest BCUT2D eigenvalue weighted by atomic mass is 35.5. The van der Waals surface area contributed by atoms with Crippen molar-refractivity contribution >= 4 is 30.0 Å². The van der Waals surface area contributed by atoms with E-state index in [-0.39, 0.29) is 30.2 Å². The lowest BCUT2D eigenvalue weighted by molar-refractivity contribution is -0.118. The van der Waals surface area contributed by atoms with Crippen LogP contribution < -0.4 is 5.73 Å². The topological polar surface area (TPSA) is 56.2 Å². The third kappa shape index (κ3) is 5.05. The Bertz CT molecular complexity index is 301. The summed E-state index contributed by atoms with van der Waals surface area (Å²) in [5.74, 6) is 2.40. The van der Waals surface area contributed by atoms with Crippen molar-refractivity contribution in [1.82, 2.24) is 0 Å². The lowest BCUT2D eigenvalue weighted by Crippen LogP contribution is -2.36. The lowest BCUT2D eigenvalue weighted by atomic mass is 10.0. The number of carbonyl (C=O) groups excluding carboxylic acids is 1. The highest BCUT2D eigenvalue weighted by Crippen LogP contribution is 2.13. The van der Waals surface area contributed by atoms with Crippen LogP contribution in [0.15, 0.2) is 22.8 Å². The highest BCUT2D eigenvalue weighted by Gasteiger charge is 2.16. The Hall–Kier alpha value is -0.450. The maximum absolute atomic E-state index is 11.5. The van der Waals surface area contributed by atoms with E-state index in [0.717, 1.165) is 11.5 Å². The van der Waals surface area contributed by atoms with Gasteiger partial charge in [0.1, 0.15) is 5.76 Å². The third-order valence-corrected chi connectivity index (χ3v) is 3.14. The van der Waals surface area contributed by atoms with Crippen LogP contribution in [0.5, 0.6) is 0 Å². The molecule has 1 heterocycles. The maximum atomic E-state index is 11.5. The fourth-order valence-electron chi connectivity index (χ4n) is 1.11. The normalized spacial score (nSPS) is 12.2. The molecule has 0 aromatic carbocycles. The SMILES string of the molecule is CC(C)C(N)C(=O)CSCc1ccco1.Cl. The third-order valence-electron chi connectivity index (χ3n) is 2.16. The van der Waals surface area contributed by atoms with Crippen LogP contribution in [0.4, 0.5) is 0 Å². The average molecular weight is 264 g/mol. The van der Waals surface area contributed by atoms with Crippen molar-refractivity contribution in [1.29, 1.82) is 0 Å². The molecule has 92 valence electrons. The minimum Gasteiger partial charge on any atom is -0.468 e. The van der Waals surface area contributed by atoms with E-state index in [1.165, 1.54) is 0 Å². The molecule has 0 saturated heterocycles. The van der Waals surface area contributed by atoms with Gasteiger partial charge in [0.25, 0.3) is 0 Å². The second-order valence-electron chi connectivity index (χ2n) is 3.81. The number of halogens is 1. The van der Waals surface area contributed by atoms with E-state index in [4.69, 9.17) is 10.2 Å². The molecule has 1 unspecified atom stereocenters. The van der Waals surface area contributed by atoms with Gasteiger partial charge >= 0.3 is 0 Å². The van der Waals surface area contributed by atoms with Crippen molar-refractivity contribution < 1.29 is 9.21 Å². The maximum Gasteiger partial charge on any atom is 0.159 e. The molecule has 0 aliphatic heterocycles. The molecule has 0 amide bonds. The summed E-state index contributed by atoms with van der Waals surface area (Å²) >= 11 is 1.54. The molecular formula is C11H18ClNO2S. The summed E-state index contributed by atoms with van der Waals surface area (Å²) in [6, 6.07) is 3.41. The van der Waals surface area contributed by atoms with Crippen molar-refractivity contribution in [2.45, 2.75) is 25.6 Å². The number of hydrogen-bond acceptors (Lipinski definition) is 4. The molecule has 0 bridgehead atoms. The van der Waals surface area contributed by atoms with Gasteiger partial charge in [0.15, 0.2) is 5.78 Å². The molecule has 3 nitrogen and oxygen atoms in total. The molecule has 0 fully saturated rings. The van der Waals surface area contributed by atoms with Gasteiger partial charge < -0.3 is 10.2 Å². The highest BCUT2D eigenvalue weighted by molar-refractivity contribution is 7.99. The van der Waals surface area contributed by atoms with E-state index < -0.39 is 0 Å². The van der Waals surface area contributed by atoms with Gasteiger partial charge in [-0.05, 0) is 18.1 Å². The van der Waals surface area contributed by atoms with Crippen molar-refractivity contribution in [3.8, 4) is 0 Å². The first-order valence-corrected chi connectivity index (χ1v) is 6.15. The predicted octanol–water partition coefficient (Wildman–Crippen LogP) is 2.49. The number of nitrogens with two attached hydrogens (primary N) is 1. The van der Waals surface area contributed by atoms with Crippen LogP contribution in [0.1, 0.15) is 19.6 Å². The van der Waals surface area contributed by atoms with Gasteiger partial charge in [0.2, 0.25) is 0 Å². The van der Waals surface area contributed by atoms with Crippen LogP contribution in [0, 0.1) is 5.92 Å². The second kappa shape index (κ2) is 7.76. The van der Waals surface area contributed by atoms with Crippen molar-refractivity contribution in [2.75, 3.05) is 5.75 Å². The molecule has 0 aliphatic carbocycles. The summed E-state index contributed by atoms with van der Waals surface area (Å²) < 4.78 is 5.16. The Balaban J connectivity index is 0.00000225. The van der Waals surface area contributed by atoms with Crippen LogP contribution in [-0.2, 0) is 10.5 Å². The van der Waals surface area contributed by atoms with Gasteiger partial charge in [-0.3, -0.25) is 4.79 Å². The summed E-state index contributed by atoms with van der Waals surface area (Å²) in [6.07, 6.45) is 1.64. The van der Waals surface area contributed by atoms with Crippen LogP contribution in [0.25, 0.3) is 0 Å². The average Bonchev–Trinajstić information content (AvgIpc) is 2.69. The summed E-state index contributed by atoms with van der Waals surface area (Å²) in [6.45, 7) is 3.92. The minimum atomic E-state index is -0.339. The van der Waals surface area contributed by atoms with E-state index in [0.29, 0.717) is 5.75 Å². The zero-order valence-corrected chi connectivity index (χ0v) is 11.1. The van der Waals surface area contributed by atoms with E-state index in [2.05, 4.69) is 0 Å². The number of Topliss-reactive ketones (excluding diaryl/α,β-unsaturated/α-hetero) is 1. The summed E-state index contributed by atoms with van der Waals surface area (Å²) in [5.41, 5.74) is 5.73. The Morgan fingerprint density at radius 3 is 2.75 bits per heavy atom. The minimum absolute atomic E-state index is 0. The van der Waals surface area contributed by atoms with Crippen molar-refractivity contribution in [2.24, 2.45) is 11.7 Å². The van der Waals surface area contributed by atoms with Gasteiger partial charge in [-0.2, -0.15) is 0 Å². The van der Waals surface area contributed by atoms with Crippen LogP contribution in [0.2, 0.25) is 0 Å². The molecule has 0 spiro atoms. The Morgan fingerprint density at radius 2 is 2.25 bits per heavy atom. The lowest BCUT2D eigenvalue weighted by Gasteiger charge is -2.13. The molecule has 0 saturated carbocycles. The number of thioether (sulfide) groups is 1. The first-order valence-electron chi connectivity index (χ1n) is 4.99. The fraction of sp³-hybridized carbons (Fsp3) is 0.545. The monoisotopic (exact) mass is 263 g/mol. The van der Waals surface area contributed by atoms with Crippen LogP contribution in [-0.4, -0.2) is 17.6 Å². The first-order chi connectivity index (χ1) is 7.11. The summed E-state index contributed by atoms with van der Waals surface area (Å²) in [5, 5.41) is 0. The molecule has 1 aromatic heterocycles. The molecular weight excluding hydrogens is 246 g/mol. The largest absolute Gasteiger partial charge is 0.468 e. The van der Waals surface area contributed by atoms with Crippen LogP contribution in [0.3, 0.4) is 0 Å². The summed E-state index contributed by atoms with van der Waals surface area (Å²) in [4.78, 5) is 11.5. The standard InChI is InChI=1S/C11H17NO2S.ClH/c1-8(2)11(12)10(13)7-15-6-9-4-3-5-14-9;/h3-5,8,11H,6-7,12H2,1-2H3;1H. The van der Waals surface area contributed by atoms with Gasteiger partial charge in [0, 0.05) is 0 Å². The van der Waals surface area contributed by atoms with Gasteiger partial charge in [0.05, 0.1) is 23.8 Å². The Morgan fingerprint density at radius 1 is 1.56 bits per heavy atom. The number of ketones is 1. The zero-order chi connectivity index (χ0) is 11.3. The number of furan rings is 1. The second-order valence-corrected chi connectivity index (χ2v) is 4.79. The molecule has 1 aromatic rings. The predicted molar refractivity (Wildman–Crippen MR) is 69.9 cm³/mol. The van der Waals surface area contributed by atoms with E-state index in [9.17, 15) is 4.79 Å². The quantitative estimate of drug-likeness (QED) is 0.857. The Kier molecular flexibility index (Phi) is 7.55. The zero-order valence-electron chi connectivity index (χ0n) is 9.51. The van der Waals surface area contributed by atoms with E-state index in [1.807, 2.05) is 26.0 Å². The number of hydrogen-bond donors (Lipinski definition) is 1. The first kappa shape index (κ1) is 15.6. The van der Waals surface area contributed by atoms with Crippen molar-refractivity contribution in [3.63, 3.8) is 0 Å². The van der Waals surface area contributed by atoms with Gasteiger partial charge in [-0.25, -0.2) is 0 Å². The number of carbonyl (C=O) groups is 1. The molecule has 1 rings (SSSR count). The smallest absolute Gasteiger partial charge is 0.159 e. The Labute approximate surface area is 107 Å². The van der Waals surface area contributed by atoms with E-state index in [1.54, 1.807) is 18.0 Å². The van der Waals surface area contributed by atoms with Crippen molar-refractivity contribution in [3.05, 3.63) is 24.2 Å². The van der Waals surface area contributed by atoms with E-state index >= 15 is 0 Å². The molecule has 0 aliphatic rings. The summed E-state index contributed by atoms with van der Waals surface area (Å²) in [7, 11) is 0. The molecule has 5 heteroatoms. The molecule has 1 atom stereocenters. The molecule has 2 N–H and O–H groups in total. The number of rotatable bonds is 6.